The Balaban J connectivity index is 1.79. The van der Waals surface area contributed by atoms with E-state index < -0.39 is 12.0 Å². The van der Waals surface area contributed by atoms with Gasteiger partial charge in [-0.1, -0.05) is 55.6 Å². The van der Waals surface area contributed by atoms with Gasteiger partial charge in [0.2, 0.25) is 0 Å². The SMILES string of the molecule is O=C(O)C(CC1CCCC1)n1ncc(Sc2ccccc2)cc1=O. The van der Waals surface area contributed by atoms with Crippen molar-refractivity contribution < 1.29 is 9.90 Å². The van der Waals surface area contributed by atoms with Crippen LogP contribution in [-0.4, -0.2) is 20.9 Å². The molecule has 1 fully saturated rings. The Labute approximate surface area is 144 Å². The van der Waals surface area contributed by atoms with E-state index in [0.29, 0.717) is 17.2 Å². The molecule has 1 aromatic heterocycles. The standard InChI is InChI=1S/C18H20N2O3S/c21-17-11-15(24-14-8-2-1-3-9-14)12-19-20(17)16(18(22)23)10-13-6-4-5-7-13/h1-3,8-9,11-13,16H,4-7,10H2,(H,22,23). The lowest BCUT2D eigenvalue weighted by Gasteiger charge is -2.18. The zero-order valence-corrected chi connectivity index (χ0v) is 14.1. The fraction of sp³-hybridized carbons (Fsp3) is 0.389. The Hall–Kier alpha value is -2.08. The summed E-state index contributed by atoms with van der Waals surface area (Å²) in [5, 5.41) is 13.7. The summed E-state index contributed by atoms with van der Waals surface area (Å²) < 4.78 is 1.12. The first-order valence-corrected chi connectivity index (χ1v) is 8.99. The molecule has 0 amide bonds. The normalized spacial score (nSPS) is 16.2. The molecule has 1 heterocycles. The van der Waals surface area contributed by atoms with Crippen LogP contribution in [0.15, 0.2) is 57.2 Å². The van der Waals surface area contributed by atoms with Gasteiger partial charge < -0.3 is 5.11 Å². The Morgan fingerprint density at radius 1 is 1.25 bits per heavy atom. The molecule has 0 saturated heterocycles. The maximum absolute atomic E-state index is 12.4. The van der Waals surface area contributed by atoms with Gasteiger partial charge in [-0.15, -0.1) is 0 Å². The topological polar surface area (TPSA) is 72.2 Å². The van der Waals surface area contributed by atoms with Crippen molar-refractivity contribution in [2.24, 2.45) is 5.92 Å². The molecule has 0 bridgehead atoms. The Morgan fingerprint density at radius 2 is 1.96 bits per heavy atom. The maximum Gasteiger partial charge on any atom is 0.328 e. The van der Waals surface area contributed by atoms with Crippen LogP contribution in [0, 0.1) is 5.92 Å². The minimum absolute atomic E-state index is 0.360. The van der Waals surface area contributed by atoms with Gasteiger partial charge in [-0.05, 0) is 24.5 Å². The van der Waals surface area contributed by atoms with Gasteiger partial charge in [0.05, 0.1) is 6.20 Å². The molecule has 1 atom stereocenters. The Bertz CT molecular complexity index is 754. The van der Waals surface area contributed by atoms with Crippen LogP contribution in [0.5, 0.6) is 0 Å². The second-order valence-corrected chi connectivity index (χ2v) is 7.28. The molecule has 5 nitrogen and oxygen atoms in total. The van der Waals surface area contributed by atoms with Crippen LogP contribution in [0.3, 0.4) is 0 Å². The van der Waals surface area contributed by atoms with Gasteiger partial charge in [-0.2, -0.15) is 5.10 Å². The first kappa shape index (κ1) is 16.8. The molecule has 6 heteroatoms. The molecule has 0 aliphatic heterocycles. The summed E-state index contributed by atoms with van der Waals surface area (Å²) in [5.74, 6) is -0.613. The van der Waals surface area contributed by atoms with E-state index in [9.17, 15) is 14.7 Å². The lowest BCUT2D eigenvalue weighted by molar-refractivity contribution is -0.142. The number of nitrogens with zero attached hydrogens (tertiary/aromatic N) is 2. The van der Waals surface area contributed by atoms with Gasteiger partial charge in [0, 0.05) is 15.9 Å². The minimum atomic E-state index is -0.986. The molecule has 1 N–H and O–H groups in total. The predicted molar refractivity (Wildman–Crippen MR) is 92.3 cm³/mol. The highest BCUT2D eigenvalue weighted by Crippen LogP contribution is 2.32. The fourth-order valence-electron chi connectivity index (χ4n) is 3.18. The lowest BCUT2D eigenvalue weighted by atomic mass is 9.98. The highest BCUT2D eigenvalue weighted by atomic mass is 32.2. The minimum Gasteiger partial charge on any atom is -0.480 e. The second-order valence-electron chi connectivity index (χ2n) is 6.13. The first-order chi connectivity index (χ1) is 11.6. The van der Waals surface area contributed by atoms with Crippen molar-refractivity contribution in [3.05, 3.63) is 52.9 Å². The van der Waals surface area contributed by atoms with E-state index in [1.807, 2.05) is 30.3 Å². The van der Waals surface area contributed by atoms with E-state index in [1.54, 1.807) is 6.20 Å². The predicted octanol–water partition coefficient (Wildman–Crippen LogP) is 3.60. The monoisotopic (exact) mass is 344 g/mol. The molecule has 1 aromatic carbocycles. The average molecular weight is 344 g/mol. The maximum atomic E-state index is 12.4. The molecule has 0 radical (unpaired) electrons. The summed E-state index contributed by atoms with van der Waals surface area (Å²) >= 11 is 1.44. The van der Waals surface area contributed by atoms with E-state index in [-0.39, 0.29) is 5.56 Å². The lowest BCUT2D eigenvalue weighted by Crippen LogP contribution is -2.32. The number of benzene rings is 1. The molecule has 0 spiro atoms. The van der Waals surface area contributed by atoms with E-state index >= 15 is 0 Å². The Morgan fingerprint density at radius 3 is 2.58 bits per heavy atom. The van der Waals surface area contributed by atoms with Crippen LogP contribution in [0.25, 0.3) is 0 Å². The van der Waals surface area contributed by atoms with Crippen molar-refractivity contribution in [3.8, 4) is 0 Å². The van der Waals surface area contributed by atoms with Crippen LogP contribution in [-0.2, 0) is 4.79 Å². The number of hydrogen-bond acceptors (Lipinski definition) is 4. The average Bonchev–Trinajstić information content (AvgIpc) is 3.07. The Kier molecular flexibility index (Phi) is 5.35. The molecule has 1 unspecified atom stereocenters. The number of carbonyl (C=O) groups is 1. The quantitative estimate of drug-likeness (QED) is 0.867. The van der Waals surface area contributed by atoms with E-state index in [4.69, 9.17) is 0 Å². The number of rotatable bonds is 6. The number of hydrogen-bond donors (Lipinski definition) is 1. The summed E-state index contributed by atoms with van der Waals surface area (Å²) in [6, 6.07) is 10.3. The number of carboxylic acids is 1. The highest BCUT2D eigenvalue weighted by molar-refractivity contribution is 7.99. The smallest absolute Gasteiger partial charge is 0.328 e. The van der Waals surface area contributed by atoms with Crippen LogP contribution in [0.2, 0.25) is 0 Å². The van der Waals surface area contributed by atoms with Gasteiger partial charge in [0.25, 0.3) is 5.56 Å². The molecular formula is C18H20N2O3S. The van der Waals surface area contributed by atoms with Crippen molar-refractivity contribution in [3.63, 3.8) is 0 Å². The van der Waals surface area contributed by atoms with Crippen molar-refractivity contribution in [1.82, 2.24) is 9.78 Å². The van der Waals surface area contributed by atoms with Gasteiger partial charge in [-0.25, -0.2) is 9.48 Å². The van der Waals surface area contributed by atoms with Crippen molar-refractivity contribution in [2.75, 3.05) is 0 Å². The highest BCUT2D eigenvalue weighted by Gasteiger charge is 2.27. The van der Waals surface area contributed by atoms with Crippen LogP contribution < -0.4 is 5.56 Å². The summed E-state index contributed by atoms with van der Waals surface area (Å²) in [4.78, 5) is 25.7. The van der Waals surface area contributed by atoms with Crippen LogP contribution in [0.1, 0.15) is 38.1 Å². The molecule has 1 aliphatic carbocycles. The fourth-order valence-corrected chi connectivity index (χ4v) is 4.01. The number of aliphatic carboxylic acids is 1. The second kappa shape index (κ2) is 7.66. The van der Waals surface area contributed by atoms with Crippen LogP contribution >= 0.6 is 11.8 Å². The molecule has 24 heavy (non-hydrogen) atoms. The molecule has 126 valence electrons. The van der Waals surface area contributed by atoms with Gasteiger partial charge >= 0.3 is 5.97 Å². The van der Waals surface area contributed by atoms with Crippen molar-refractivity contribution in [2.45, 2.75) is 47.9 Å². The van der Waals surface area contributed by atoms with Gasteiger partial charge in [0.1, 0.15) is 0 Å². The van der Waals surface area contributed by atoms with Crippen LogP contribution in [0.4, 0.5) is 0 Å². The zero-order chi connectivity index (χ0) is 16.9. The number of aromatic nitrogens is 2. The van der Waals surface area contributed by atoms with Gasteiger partial charge in [-0.3, -0.25) is 4.79 Å². The third-order valence-electron chi connectivity index (χ3n) is 4.39. The summed E-state index contributed by atoms with van der Waals surface area (Å²) in [6.45, 7) is 0. The molecule has 1 aliphatic rings. The molecular weight excluding hydrogens is 324 g/mol. The third-order valence-corrected chi connectivity index (χ3v) is 5.36. The summed E-state index contributed by atoms with van der Waals surface area (Å²) in [6.07, 6.45) is 6.43. The van der Waals surface area contributed by atoms with E-state index in [1.165, 1.54) is 17.8 Å². The first-order valence-electron chi connectivity index (χ1n) is 8.18. The van der Waals surface area contributed by atoms with E-state index in [2.05, 4.69) is 5.10 Å². The third kappa shape index (κ3) is 4.06. The molecule has 1 saturated carbocycles. The summed E-state index contributed by atoms with van der Waals surface area (Å²) in [5.41, 5.74) is -0.360. The van der Waals surface area contributed by atoms with Crippen molar-refractivity contribution >= 4 is 17.7 Å². The largest absolute Gasteiger partial charge is 0.480 e. The zero-order valence-electron chi connectivity index (χ0n) is 13.3. The molecule has 3 rings (SSSR count). The van der Waals surface area contributed by atoms with E-state index in [0.717, 1.165) is 35.3 Å². The number of carboxylic acid groups (broad SMARTS) is 1. The summed E-state index contributed by atoms with van der Waals surface area (Å²) in [7, 11) is 0. The van der Waals surface area contributed by atoms with Gasteiger partial charge in [0.15, 0.2) is 6.04 Å². The molecule has 2 aromatic rings. The van der Waals surface area contributed by atoms with Crippen molar-refractivity contribution in [1.29, 1.82) is 0 Å².